The van der Waals surface area contributed by atoms with Gasteiger partial charge in [0.1, 0.15) is 6.07 Å². The molecule has 0 fully saturated rings. The Bertz CT molecular complexity index is 2960. The van der Waals surface area contributed by atoms with E-state index in [4.69, 9.17) is 0 Å². The van der Waals surface area contributed by atoms with Gasteiger partial charge in [0, 0.05) is 16.3 Å². The van der Waals surface area contributed by atoms with Crippen LogP contribution in [0, 0.1) is 11.3 Å². The second kappa shape index (κ2) is 12.5. The van der Waals surface area contributed by atoms with Crippen LogP contribution in [0.4, 0.5) is 0 Å². The van der Waals surface area contributed by atoms with Gasteiger partial charge in [-0.3, -0.25) is 0 Å². The lowest BCUT2D eigenvalue weighted by molar-refractivity contribution is 1.17. The second-order valence-corrected chi connectivity index (χ2v) is 13.5. The van der Waals surface area contributed by atoms with Crippen LogP contribution in [0.25, 0.3) is 93.5 Å². The number of fused-ring (bicyclic) bond motifs is 5. The van der Waals surface area contributed by atoms with Crippen molar-refractivity contribution in [3.05, 3.63) is 200 Å². The Labute approximate surface area is 308 Å². The van der Waals surface area contributed by atoms with E-state index in [0.29, 0.717) is 5.56 Å². The van der Waals surface area contributed by atoms with Crippen LogP contribution in [-0.2, 0) is 0 Å². The number of nitriles is 1. The van der Waals surface area contributed by atoms with E-state index in [1.165, 1.54) is 54.6 Å². The number of hydrogen-bond acceptors (Lipinski definition) is 1. The molecule has 0 atom stereocenters. The Morgan fingerprint density at radius 3 is 1.38 bits per heavy atom. The number of rotatable bonds is 5. The minimum Gasteiger partial charge on any atom is -0.307 e. The molecular formula is C51H32N2. The molecule has 0 radical (unpaired) electrons. The summed E-state index contributed by atoms with van der Waals surface area (Å²) in [6.07, 6.45) is 0. The molecule has 0 bridgehead atoms. The molecule has 1 heterocycles. The smallest absolute Gasteiger partial charge is 0.101 e. The summed E-state index contributed by atoms with van der Waals surface area (Å²) in [5.74, 6) is 0. The summed E-state index contributed by atoms with van der Waals surface area (Å²) in [6.45, 7) is 0. The third kappa shape index (κ3) is 4.87. The zero-order chi connectivity index (χ0) is 35.3. The molecule has 0 spiro atoms. The molecule has 0 amide bonds. The monoisotopic (exact) mass is 672 g/mol. The van der Waals surface area contributed by atoms with Crippen LogP contribution in [0.1, 0.15) is 5.56 Å². The van der Waals surface area contributed by atoms with E-state index < -0.39 is 0 Å². The Kier molecular flexibility index (Phi) is 7.23. The standard InChI is InChI=1S/C51H32N2/c52-33-37-20-15-29-39(51(37)53-47-30-12-10-22-40(47)41-23-11-13-31-48(41)53)36-19-14-18-35(32-36)38-21-4-5-24-42(38)50-45-27-8-6-25-43(45)49(34-16-2-1-3-17-34)44-26-7-9-28-46(44)50/h1-32H. The molecule has 1 aromatic heterocycles. The molecule has 0 N–H and O–H groups in total. The average Bonchev–Trinajstić information content (AvgIpc) is 3.57. The van der Waals surface area contributed by atoms with E-state index in [0.717, 1.165) is 39.0 Å². The van der Waals surface area contributed by atoms with E-state index in [1.54, 1.807) is 0 Å². The van der Waals surface area contributed by atoms with Crippen LogP contribution in [0.15, 0.2) is 194 Å². The largest absolute Gasteiger partial charge is 0.307 e. The van der Waals surface area contributed by atoms with E-state index in [1.807, 2.05) is 12.1 Å². The summed E-state index contributed by atoms with van der Waals surface area (Å²) in [5, 5.41) is 17.8. The molecule has 53 heavy (non-hydrogen) atoms. The van der Waals surface area contributed by atoms with Crippen molar-refractivity contribution in [2.45, 2.75) is 0 Å². The third-order valence-electron chi connectivity index (χ3n) is 10.6. The SMILES string of the molecule is N#Cc1cccc(-c2cccc(-c3ccccc3-c3c4ccccc4c(-c4ccccc4)c4ccccc34)c2)c1-n1c2ccccc2c2ccccc21. The number of benzene rings is 9. The van der Waals surface area contributed by atoms with Gasteiger partial charge in [-0.25, -0.2) is 0 Å². The topological polar surface area (TPSA) is 28.7 Å². The molecule has 0 unspecified atom stereocenters. The first-order valence-corrected chi connectivity index (χ1v) is 18.0. The summed E-state index contributed by atoms with van der Waals surface area (Å²) in [4.78, 5) is 0. The molecule has 10 rings (SSSR count). The van der Waals surface area contributed by atoms with Gasteiger partial charge < -0.3 is 4.57 Å². The van der Waals surface area contributed by atoms with Crippen LogP contribution >= 0.6 is 0 Å². The van der Waals surface area contributed by atoms with Gasteiger partial charge in [-0.1, -0.05) is 170 Å². The first-order chi connectivity index (χ1) is 26.3. The second-order valence-electron chi connectivity index (χ2n) is 13.5. The predicted molar refractivity (Wildman–Crippen MR) is 222 cm³/mol. The van der Waals surface area contributed by atoms with Crippen molar-refractivity contribution in [1.29, 1.82) is 5.26 Å². The summed E-state index contributed by atoms with van der Waals surface area (Å²) in [6, 6.07) is 71.5. The maximum atomic E-state index is 10.5. The van der Waals surface area contributed by atoms with Crippen molar-refractivity contribution in [3.63, 3.8) is 0 Å². The fourth-order valence-corrected chi connectivity index (χ4v) is 8.41. The maximum absolute atomic E-state index is 10.5. The Morgan fingerprint density at radius 1 is 0.340 bits per heavy atom. The first-order valence-electron chi connectivity index (χ1n) is 18.0. The van der Waals surface area contributed by atoms with E-state index >= 15 is 0 Å². The Hall–Kier alpha value is -7.21. The minimum absolute atomic E-state index is 0.635. The molecule has 0 aliphatic heterocycles. The number of hydrogen-bond donors (Lipinski definition) is 0. The van der Waals surface area contributed by atoms with E-state index in [-0.39, 0.29) is 0 Å². The van der Waals surface area contributed by atoms with E-state index in [2.05, 4.69) is 193 Å². The lowest BCUT2D eigenvalue weighted by Crippen LogP contribution is -2.01. The van der Waals surface area contributed by atoms with Crippen molar-refractivity contribution in [3.8, 4) is 56.3 Å². The van der Waals surface area contributed by atoms with Crippen LogP contribution in [0.3, 0.4) is 0 Å². The normalized spacial score (nSPS) is 11.4. The van der Waals surface area contributed by atoms with Gasteiger partial charge in [0.05, 0.1) is 22.3 Å². The molecule has 0 aliphatic carbocycles. The highest BCUT2D eigenvalue weighted by atomic mass is 15.0. The number of para-hydroxylation sites is 3. The predicted octanol–water partition coefficient (Wildman–Crippen LogP) is 13.6. The summed E-state index contributed by atoms with van der Waals surface area (Å²) in [5.41, 5.74) is 12.9. The van der Waals surface area contributed by atoms with Crippen LogP contribution < -0.4 is 0 Å². The maximum Gasteiger partial charge on any atom is 0.101 e. The number of nitrogens with zero attached hydrogens (tertiary/aromatic N) is 2. The van der Waals surface area contributed by atoms with Crippen molar-refractivity contribution in [2.24, 2.45) is 0 Å². The van der Waals surface area contributed by atoms with E-state index in [9.17, 15) is 5.26 Å². The molecule has 0 saturated carbocycles. The first kappa shape index (κ1) is 30.6. The molecule has 2 heteroatoms. The van der Waals surface area contributed by atoms with Gasteiger partial charge in [-0.05, 0) is 84.8 Å². The highest BCUT2D eigenvalue weighted by molar-refractivity contribution is 6.22. The van der Waals surface area contributed by atoms with Gasteiger partial charge >= 0.3 is 0 Å². The zero-order valence-corrected chi connectivity index (χ0v) is 28.9. The molecule has 10 aromatic rings. The van der Waals surface area contributed by atoms with Crippen molar-refractivity contribution in [1.82, 2.24) is 4.57 Å². The van der Waals surface area contributed by atoms with Crippen LogP contribution in [-0.4, -0.2) is 4.57 Å². The van der Waals surface area contributed by atoms with Crippen molar-refractivity contribution in [2.75, 3.05) is 0 Å². The molecule has 9 aromatic carbocycles. The fraction of sp³-hybridized carbons (Fsp3) is 0. The quantitative estimate of drug-likeness (QED) is 0.167. The minimum atomic E-state index is 0.635. The zero-order valence-electron chi connectivity index (χ0n) is 28.9. The van der Waals surface area contributed by atoms with Gasteiger partial charge in [0.15, 0.2) is 0 Å². The van der Waals surface area contributed by atoms with Gasteiger partial charge in [-0.15, -0.1) is 0 Å². The number of aromatic nitrogens is 1. The summed E-state index contributed by atoms with van der Waals surface area (Å²) in [7, 11) is 0. The molecule has 2 nitrogen and oxygen atoms in total. The highest BCUT2D eigenvalue weighted by Gasteiger charge is 2.21. The average molecular weight is 673 g/mol. The third-order valence-corrected chi connectivity index (χ3v) is 10.6. The molecule has 0 saturated heterocycles. The Morgan fingerprint density at radius 2 is 0.774 bits per heavy atom. The lowest BCUT2D eigenvalue weighted by atomic mass is 9.83. The molecule has 246 valence electrons. The summed E-state index contributed by atoms with van der Waals surface area (Å²) < 4.78 is 2.27. The lowest BCUT2D eigenvalue weighted by Gasteiger charge is -2.20. The highest BCUT2D eigenvalue weighted by Crippen LogP contribution is 2.46. The molecule has 0 aliphatic rings. The van der Waals surface area contributed by atoms with Gasteiger partial charge in [0.2, 0.25) is 0 Å². The van der Waals surface area contributed by atoms with Crippen LogP contribution in [0.2, 0.25) is 0 Å². The molecular weight excluding hydrogens is 641 g/mol. The van der Waals surface area contributed by atoms with Crippen molar-refractivity contribution < 1.29 is 0 Å². The Balaban J connectivity index is 1.21. The van der Waals surface area contributed by atoms with Gasteiger partial charge in [0.25, 0.3) is 0 Å². The fourth-order valence-electron chi connectivity index (χ4n) is 8.41. The van der Waals surface area contributed by atoms with Crippen molar-refractivity contribution >= 4 is 43.4 Å². The summed E-state index contributed by atoms with van der Waals surface area (Å²) >= 11 is 0. The van der Waals surface area contributed by atoms with Gasteiger partial charge in [-0.2, -0.15) is 5.26 Å². The van der Waals surface area contributed by atoms with Crippen LogP contribution in [0.5, 0.6) is 0 Å².